The van der Waals surface area contributed by atoms with Gasteiger partial charge in [-0.05, 0) is 37.5 Å². The van der Waals surface area contributed by atoms with Crippen LogP contribution in [-0.4, -0.2) is 60.7 Å². The van der Waals surface area contributed by atoms with E-state index in [2.05, 4.69) is 12.1 Å². The van der Waals surface area contributed by atoms with Gasteiger partial charge in [-0.2, -0.15) is 11.8 Å². The second-order valence-corrected chi connectivity index (χ2v) is 8.37. The molecule has 0 aliphatic rings. The summed E-state index contributed by atoms with van der Waals surface area (Å²) in [5.74, 6) is 1.56. The van der Waals surface area contributed by atoms with Crippen molar-refractivity contribution in [1.29, 1.82) is 0 Å². The number of nitrogens with zero attached hydrogens (tertiary/aromatic N) is 1. The molecule has 2 aromatic carbocycles. The zero-order valence-corrected chi connectivity index (χ0v) is 19.2. The molecule has 2 rings (SSSR count). The Morgan fingerprint density at radius 1 is 1.00 bits per heavy atom. The van der Waals surface area contributed by atoms with Crippen LogP contribution in [0.4, 0.5) is 0 Å². The number of carbonyl (C=O) groups excluding carboxylic acids is 1. The minimum atomic E-state index is -0.804. The van der Waals surface area contributed by atoms with Gasteiger partial charge >= 0.3 is 5.97 Å². The number of carbonyl (C=O) groups is 2. The number of aryl methyl sites for hydroxylation is 1. The van der Waals surface area contributed by atoms with Crippen molar-refractivity contribution in [1.82, 2.24) is 4.90 Å². The zero-order chi connectivity index (χ0) is 22.6. The fraction of sp³-hybridized carbons (Fsp3) is 0.417. The molecule has 7 heteroatoms. The summed E-state index contributed by atoms with van der Waals surface area (Å²) in [5, 5.41) is 8.80. The number of carboxylic acids is 1. The Morgan fingerprint density at radius 3 is 2.23 bits per heavy atom. The van der Waals surface area contributed by atoms with E-state index in [1.54, 1.807) is 38.1 Å². The van der Waals surface area contributed by atoms with Crippen LogP contribution in [0.15, 0.2) is 42.5 Å². The maximum absolute atomic E-state index is 13.3. The van der Waals surface area contributed by atoms with Gasteiger partial charge in [0.15, 0.2) is 0 Å². The number of ether oxygens (including phenoxy) is 2. The maximum Gasteiger partial charge on any atom is 0.304 e. The maximum atomic E-state index is 13.3. The molecule has 1 amide bonds. The number of methoxy groups -OCH3 is 2. The molecule has 31 heavy (non-hydrogen) atoms. The first-order valence-electron chi connectivity index (χ1n) is 10.3. The number of hydrogen-bond acceptors (Lipinski definition) is 5. The van der Waals surface area contributed by atoms with Gasteiger partial charge in [0.2, 0.25) is 0 Å². The monoisotopic (exact) mass is 445 g/mol. The SMILES string of the molecule is COc1cc(C(=O)N(CCCc2ccccc2)CCSCCC(=O)O)cc(OC)c1C. The van der Waals surface area contributed by atoms with E-state index in [0.29, 0.717) is 41.7 Å². The molecule has 0 unspecified atom stereocenters. The molecular weight excluding hydrogens is 414 g/mol. The number of hydrogen-bond donors (Lipinski definition) is 1. The van der Waals surface area contributed by atoms with E-state index in [0.717, 1.165) is 18.4 Å². The molecule has 0 saturated carbocycles. The Labute approximate surface area is 188 Å². The number of rotatable bonds is 13. The van der Waals surface area contributed by atoms with Crippen LogP contribution >= 0.6 is 11.8 Å². The quantitative estimate of drug-likeness (QED) is 0.464. The predicted octanol–water partition coefficient (Wildman–Crippen LogP) is 4.30. The van der Waals surface area contributed by atoms with Crippen molar-refractivity contribution in [2.45, 2.75) is 26.2 Å². The molecule has 0 aliphatic carbocycles. The Hall–Kier alpha value is -2.67. The van der Waals surface area contributed by atoms with E-state index in [4.69, 9.17) is 14.6 Å². The molecule has 0 atom stereocenters. The number of benzene rings is 2. The van der Waals surface area contributed by atoms with E-state index in [9.17, 15) is 9.59 Å². The van der Waals surface area contributed by atoms with E-state index in [1.165, 1.54) is 5.56 Å². The van der Waals surface area contributed by atoms with E-state index in [1.807, 2.05) is 30.0 Å². The lowest BCUT2D eigenvalue weighted by Crippen LogP contribution is -2.34. The van der Waals surface area contributed by atoms with Gasteiger partial charge in [-0.3, -0.25) is 9.59 Å². The molecule has 0 heterocycles. The van der Waals surface area contributed by atoms with E-state index >= 15 is 0 Å². The first kappa shape index (κ1) is 24.6. The first-order chi connectivity index (χ1) is 15.0. The highest BCUT2D eigenvalue weighted by Gasteiger charge is 2.19. The van der Waals surface area contributed by atoms with Crippen LogP contribution in [0.3, 0.4) is 0 Å². The van der Waals surface area contributed by atoms with Gasteiger partial charge < -0.3 is 19.5 Å². The van der Waals surface area contributed by atoms with Crippen LogP contribution in [-0.2, 0) is 11.2 Å². The van der Waals surface area contributed by atoms with Crippen LogP contribution in [0.25, 0.3) is 0 Å². The summed E-state index contributed by atoms with van der Waals surface area (Å²) < 4.78 is 10.8. The van der Waals surface area contributed by atoms with Crippen molar-refractivity contribution < 1.29 is 24.2 Å². The van der Waals surface area contributed by atoms with Gasteiger partial charge in [-0.25, -0.2) is 0 Å². The van der Waals surface area contributed by atoms with Crippen molar-refractivity contribution in [3.05, 3.63) is 59.2 Å². The molecule has 0 saturated heterocycles. The molecule has 1 N–H and O–H groups in total. The van der Waals surface area contributed by atoms with Crippen molar-refractivity contribution in [3.63, 3.8) is 0 Å². The summed E-state index contributed by atoms with van der Waals surface area (Å²) in [6.45, 7) is 3.06. The molecule has 0 aromatic heterocycles. The smallest absolute Gasteiger partial charge is 0.304 e. The van der Waals surface area contributed by atoms with E-state index in [-0.39, 0.29) is 12.3 Å². The molecule has 6 nitrogen and oxygen atoms in total. The van der Waals surface area contributed by atoms with Gasteiger partial charge in [0, 0.05) is 35.7 Å². The summed E-state index contributed by atoms with van der Waals surface area (Å²) in [4.78, 5) is 25.9. The summed E-state index contributed by atoms with van der Waals surface area (Å²) in [6.07, 6.45) is 1.85. The lowest BCUT2D eigenvalue weighted by Gasteiger charge is -2.24. The van der Waals surface area contributed by atoms with Gasteiger partial charge in [0.25, 0.3) is 5.91 Å². The molecule has 0 aliphatic heterocycles. The van der Waals surface area contributed by atoms with Gasteiger partial charge in [-0.1, -0.05) is 30.3 Å². The number of amides is 1. The van der Waals surface area contributed by atoms with Crippen molar-refractivity contribution >= 4 is 23.6 Å². The predicted molar refractivity (Wildman–Crippen MR) is 125 cm³/mol. The second kappa shape index (κ2) is 12.9. The highest BCUT2D eigenvalue weighted by Crippen LogP contribution is 2.30. The van der Waals surface area contributed by atoms with Gasteiger partial charge in [-0.15, -0.1) is 0 Å². The fourth-order valence-corrected chi connectivity index (χ4v) is 4.13. The minimum Gasteiger partial charge on any atom is -0.496 e. The molecule has 0 fully saturated rings. The van der Waals surface area contributed by atoms with Crippen LogP contribution in [0.1, 0.15) is 34.3 Å². The highest BCUT2D eigenvalue weighted by atomic mass is 32.2. The number of aliphatic carboxylic acids is 1. The molecule has 0 bridgehead atoms. The van der Waals surface area contributed by atoms with Crippen LogP contribution in [0, 0.1) is 6.92 Å². The lowest BCUT2D eigenvalue weighted by molar-refractivity contribution is -0.136. The standard InChI is InChI=1S/C24H31NO5S/c1-18-21(29-2)16-20(17-22(18)30-3)24(28)25(13-15-31-14-11-23(26)27)12-7-10-19-8-5-4-6-9-19/h4-6,8-9,16-17H,7,10-15H2,1-3H3,(H,26,27). The second-order valence-electron chi connectivity index (χ2n) is 7.14. The van der Waals surface area contributed by atoms with Crippen LogP contribution < -0.4 is 9.47 Å². The number of thioether (sulfide) groups is 1. The van der Waals surface area contributed by atoms with Crippen LogP contribution in [0.2, 0.25) is 0 Å². The zero-order valence-electron chi connectivity index (χ0n) is 18.4. The first-order valence-corrected chi connectivity index (χ1v) is 11.5. The third-order valence-electron chi connectivity index (χ3n) is 4.99. The summed E-state index contributed by atoms with van der Waals surface area (Å²) in [7, 11) is 3.15. The summed E-state index contributed by atoms with van der Waals surface area (Å²) >= 11 is 1.55. The average molecular weight is 446 g/mol. The third kappa shape index (κ3) is 7.83. The Bertz CT molecular complexity index is 831. The number of carboxylic acid groups (broad SMARTS) is 1. The summed E-state index contributed by atoms with van der Waals surface area (Å²) in [6, 6.07) is 13.7. The summed E-state index contributed by atoms with van der Waals surface area (Å²) in [5.41, 5.74) is 2.61. The fourth-order valence-electron chi connectivity index (χ4n) is 3.26. The van der Waals surface area contributed by atoms with Gasteiger partial charge in [0.05, 0.1) is 20.6 Å². The van der Waals surface area contributed by atoms with Crippen molar-refractivity contribution in [2.75, 3.05) is 38.8 Å². The average Bonchev–Trinajstić information content (AvgIpc) is 2.78. The Morgan fingerprint density at radius 2 is 1.65 bits per heavy atom. The Balaban J connectivity index is 2.09. The molecule has 168 valence electrons. The molecular formula is C24H31NO5S. The third-order valence-corrected chi connectivity index (χ3v) is 5.95. The van der Waals surface area contributed by atoms with Crippen LogP contribution in [0.5, 0.6) is 11.5 Å². The molecule has 0 spiro atoms. The molecule has 0 radical (unpaired) electrons. The van der Waals surface area contributed by atoms with Crippen molar-refractivity contribution in [2.24, 2.45) is 0 Å². The Kier molecular flexibility index (Phi) is 10.2. The highest BCUT2D eigenvalue weighted by molar-refractivity contribution is 7.99. The van der Waals surface area contributed by atoms with E-state index < -0.39 is 5.97 Å². The van der Waals surface area contributed by atoms with Gasteiger partial charge in [0.1, 0.15) is 11.5 Å². The molecule has 2 aromatic rings. The minimum absolute atomic E-state index is 0.0801. The normalized spacial score (nSPS) is 10.5. The lowest BCUT2D eigenvalue weighted by atomic mass is 10.1. The van der Waals surface area contributed by atoms with Crippen molar-refractivity contribution in [3.8, 4) is 11.5 Å². The topological polar surface area (TPSA) is 76.1 Å². The largest absolute Gasteiger partial charge is 0.496 e.